The van der Waals surface area contributed by atoms with Crippen molar-refractivity contribution in [2.75, 3.05) is 13.1 Å². The number of rotatable bonds is 4. The minimum absolute atomic E-state index is 0.0410. The first kappa shape index (κ1) is 14.8. The highest BCUT2D eigenvalue weighted by Gasteiger charge is 2.37. The Hall–Kier alpha value is -0.240. The lowest BCUT2D eigenvalue weighted by molar-refractivity contribution is -0.0441. The van der Waals surface area contributed by atoms with Crippen LogP contribution in [-0.4, -0.2) is 48.3 Å². The van der Waals surface area contributed by atoms with E-state index in [1.54, 1.807) is 6.92 Å². The summed E-state index contributed by atoms with van der Waals surface area (Å²) in [6.07, 6.45) is 0.201. The van der Waals surface area contributed by atoms with Crippen molar-refractivity contribution >= 4 is 27.2 Å². The molecule has 1 aliphatic rings. The van der Waals surface area contributed by atoms with Crippen LogP contribution in [0.3, 0.4) is 0 Å². The summed E-state index contributed by atoms with van der Waals surface area (Å²) in [5.74, 6) is 0. The summed E-state index contributed by atoms with van der Waals surface area (Å²) in [4.78, 5) is 0.0410. The van der Waals surface area contributed by atoms with Crippen LogP contribution in [0, 0.1) is 0 Å². The Balaban J connectivity index is 2.93. The predicted octanol–water partition coefficient (Wildman–Crippen LogP) is 0.490. The van der Waals surface area contributed by atoms with Gasteiger partial charge in [0.25, 0.3) is 0 Å². The molecule has 0 bridgehead atoms. The SMILES string of the molecule is CCC(C(N)=S)S(=O)(=O)N1CC(C)OC(C)C1. The second-order valence-electron chi connectivity index (χ2n) is 4.42. The van der Waals surface area contributed by atoms with Crippen LogP contribution in [-0.2, 0) is 14.8 Å². The molecule has 100 valence electrons. The number of thiocarbonyl (C=S) groups is 1. The van der Waals surface area contributed by atoms with Gasteiger partial charge in [0, 0.05) is 13.1 Å². The number of hydrogen-bond acceptors (Lipinski definition) is 4. The third kappa shape index (κ3) is 3.37. The average Bonchev–Trinajstić information content (AvgIpc) is 2.15. The molecule has 17 heavy (non-hydrogen) atoms. The monoisotopic (exact) mass is 280 g/mol. The second-order valence-corrected chi connectivity index (χ2v) is 7.01. The molecule has 0 saturated carbocycles. The molecule has 1 aliphatic heterocycles. The number of sulfonamides is 1. The second kappa shape index (κ2) is 5.60. The first-order chi connectivity index (χ1) is 7.78. The molecule has 0 aromatic heterocycles. The molecule has 0 aromatic rings. The fourth-order valence-corrected chi connectivity index (χ4v) is 4.52. The van der Waals surface area contributed by atoms with Gasteiger partial charge in [-0.1, -0.05) is 19.1 Å². The lowest BCUT2D eigenvalue weighted by Gasteiger charge is -2.36. The summed E-state index contributed by atoms with van der Waals surface area (Å²) in [6.45, 7) is 6.23. The van der Waals surface area contributed by atoms with Crippen molar-refractivity contribution in [3.8, 4) is 0 Å². The summed E-state index contributed by atoms with van der Waals surface area (Å²) in [6, 6.07) is 0. The van der Waals surface area contributed by atoms with Crippen molar-refractivity contribution in [3.63, 3.8) is 0 Å². The van der Waals surface area contributed by atoms with Crippen LogP contribution in [0.2, 0.25) is 0 Å². The van der Waals surface area contributed by atoms with Crippen LogP contribution in [0.25, 0.3) is 0 Å². The number of morpholine rings is 1. The molecule has 0 aromatic carbocycles. The normalized spacial score (nSPS) is 28.9. The maximum absolute atomic E-state index is 12.4. The van der Waals surface area contributed by atoms with Crippen LogP contribution >= 0.6 is 12.2 Å². The van der Waals surface area contributed by atoms with Crippen molar-refractivity contribution in [2.24, 2.45) is 5.73 Å². The fraction of sp³-hybridized carbons (Fsp3) is 0.900. The largest absolute Gasteiger partial charge is 0.392 e. The molecule has 2 N–H and O–H groups in total. The Morgan fingerprint density at radius 2 is 1.94 bits per heavy atom. The summed E-state index contributed by atoms with van der Waals surface area (Å²) in [7, 11) is -3.45. The molecule has 5 nitrogen and oxygen atoms in total. The summed E-state index contributed by atoms with van der Waals surface area (Å²) >= 11 is 4.83. The Morgan fingerprint density at radius 1 is 1.47 bits per heavy atom. The molecule has 3 unspecified atom stereocenters. The van der Waals surface area contributed by atoms with Gasteiger partial charge in [-0.15, -0.1) is 0 Å². The topological polar surface area (TPSA) is 72.6 Å². The van der Waals surface area contributed by atoms with Gasteiger partial charge >= 0.3 is 0 Å². The lowest BCUT2D eigenvalue weighted by atomic mass is 10.3. The van der Waals surface area contributed by atoms with Crippen molar-refractivity contribution in [2.45, 2.75) is 44.6 Å². The fourth-order valence-electron chi connectivity index (χ4n) is 2.08. The molecule has 1 saturated heterocycles. The smallest absolute Gasteiger partial charge is 0.223 e. The number of hydrogen-bond donors (Lipinski definition) is 1. The van der Waals surface area contributed by atoms with Crippen LogP contribution < -0.4 is 5.73 Å². The first-order valence-corrected chi connectivity index (χ1v) is 7.63. The molecular formula is C10H20N2O3S2. The van der Waals surface area contributed by atoms with Crippen molar-refractivity contribution in [3.05, 3.63) is 0 Å². The van der Waals surface area contributed by atoms with E-state index in [1.807, 2.05) is 13.8 Å². The predicted molar refractivity (Wildman–Crippen MR) is 71.4 cm³/mol. The van der Waals surface area contributed by atoms with Crippen LogP contribution in [0.5, 0.6) is 0 Å². The molecule has 3 atom stereocenters. The first-order valence-electron chi connectivity index (χ1n) is 5.72. The molecule has 1 heterocycles. The Bertz CT molecular complexity index is 373. The molecule has 1 fully saturated rings. The molecule has 0 radical (unpaired) electrons. The van der Waals surface area contributed by atoms with Gasteiger partial charge in [0.2, 0.25) is 10.0 Å². The minimum Gasteiger partial charge on any atom is -0.392 e. The quantitative estimate of drug-likeness (QED) is 0.759. The van der Waals surface area contributed by atoms with Gasteiger partial charge in [-0.3, -0.25) is 0 Å². The summed E-state index contributed by atoms with van der Waals surface area (Å²) < 4.78 is 31.7. The van der Waals surface area contributed by atoms with E-state index in [1.165, 1.54) is 4.31 Å². The minimum atomic E-state index is -3.45. The molecule has 0 spiro atoms. The highest BCUT2D eigenvalue weighted by Crippen LogP contribution is 2.19. The summed E-state index contributed by atoms with van der Waals surface area (Å²) in [5.41, 5.74) is 5.50. The van der Waals surface area contributed by atoms with E-state index in [2.05, 4.69) is 0 Å². The third-order valence-electron chi connectivity index (χ3n) is 2.79. The van der Waals surface area contributed by atoms with E-state index in [4.69, 9.17) is 22.7 Å². The Kier molecular flexibility index (Phi) is 4.88. The van der Waals surface area contributed by atoms with Gasteiger partial charge < -0.3 is 10.5 Å². The molecule has 0 aliphatic carbocycles. The van der Waals surface area contributed by atoms with Crippen LogP contribution in [0.4, 0.5) is 0 Å². The maximum atomic E-state index is 12.4. The summed E-state index contributed by atoms with van der Waals surface area (Å²) in [5, 5.41) is -0.769. The standard InChI is InChI=1S/C10H20N2O3S2/c1-4-9(10(11)16)17(13,14)12-5-7(2)15-8(3)6-12/h7-9H,4-6H2,1-3H3,(H2,11,16). The van der Waals surface area contributed by atoms with E-state index >= 15 is 0 Å². The van der Waals surface area contributed by atoms with E-state index < -0.39 is 15.3 Å². The third-order valence-corrected chi connectivity index (χ3v) is 5.55. The van der Waals surface area contributed by atoms with Crippen molar-refractivity contribution < 1.29 is 13.2 Å². The number of nitrogens with zero attached hydrogens (tertiary/aromatic N) is 1. The zero-order valence-corrected chi connectivity index (χ0v) is 12.1. The number of ether oxygens (including phenoxy) is 1. The zero-order chi connectivity index (χ0) is 13.2. The Labute approximate surface area is 108 Å². The van der Waals surface area contributed by atoms with Gasteiger partial charge in [-0.25, -0.2) is 8.42 Å². The molecule has 1 rings (SSSR count). The molecule has 7 heteroatoms. The highest BCUT2D eigenvalue weighted by atomic mass is 32.2. The maximum Gasteiger partial charge on any atom is 0.223 e. The molecule has 0 amide bonds. The zero-order valence-electron chi connectivity index (χ0n) is 10.4. The number of nitrogens with two attached hydrogens (primary N) is 1. The van der Waals surface area contributed by atoms with Gasteiger partial charge in [0.15, 0.2) is 0 Å². The van der Waals surface area contributed by atoms with Crippen LogP contribution in [0.1, 0.15) is 27.2 Å². The van der Waals surface area contributed by atoms with E-state index in [0.29, 0.717) is 19.5 Å². The van der Waals surface area contributed by atoms with E-state index in [-0.39, 0.29) is 17.2 Å². The van der Waals surface area contributed by atoms with Gasteiger partial charge in [0.1, 0.15) is 5.25 Å². The van der Waals surface area contributed by atoms with Gasteiger partial charge in [-0.05, 0) is 20.3 Å². The van der Waals surface area contributed by atoms with E-state index in [0.717, 1.165) is 0 Å². The lowest BCUT2D eigenvalue weighted by Crippen LogP contribution is -2.52. The Morgan fingerprint density at radius 3 is 2.29 bits per heavy atom. The van der Waals surface area contributed by atoms with Gasteiger partial charge in [0.05, 0.1) is 17.2 Å². The van der Waals surface area contributed by atoms with E-state index in [9.17, 15) is 8.42 Å². The van der Waals surface area contributed by atoms with Gasteiger partial charge in [-0.2, -0.15) is 4.31 Å². The average molecular weight is 280 g/mol. The van der Waals surface area contributed by atoms with Crippen molar-refractivity contribution in [1.29, 1.82) is 0 Å². The highest BCUT2D eigenvalue weighted by molar-refractivity contribution is 7.92. The van der Waals surface area contributed by atoms with Crippen LogP contribution in [0.15, 0.2) is 0 Å². The van der Waals surface area contributed by atoms with Crippen molar-refractivity contribution in [1.82, 2.24) is 4.31 Å². The molecular weight excluding hydrogens is 260 g/mol.